The lowest BCUT2D eigenvalue weighted by Crippen LogP contribution is -2.24. The Balaban J connectivity index is 1.37. The number of aliphatic hydroxyl groups excluding tert-OH is 1. The van der Waals surface area contributed by atoms with Crippen LogP contribution in [0.1, 0.15) is 24.1 Å². The topological polar surface area (TPSA) is 137 Å². The summed E-state index contributed by atoms with van der Waals surface area (Å²) >= 11 is 0. The fourth-order valence-electron chi connectivity index (χ4n) is 4.36. The highest BCUT2D eigenvalue weighted by Gasteiger charge is 2.36. The van der Waals surface area contributed by atoms with Crippen LogP contribution in [-0.2, 0) is 20.9 Å². The summed E-state index contributed by atoms with van der Waals surface area (Å²) in [6, 6.07) is 14.3. The molecule has 1 saturated carbocycles. The van der Waals surface area contributed by atoms with E-state index in [-0.39, 0.29) is 12.7 Å². The normalized spacial score (nSPS) is 22.7. The van der Waals surface area contributed by atoms with Crippen molar-refractivity contribution in [1.82, 2.24) is 9.97 Å². The van der Waals surface area contributed by atoms with Crippen LogP contribution in [0.4, 0.5) is 5.69 Å². The van der Waals surface area contributed by atoms with Crippen LogP contribution in [-0.4, -0.2) is 48.0 Å². The molecule has 9 nitrogen and oxygen atoms in total. The Morgan fingerprint density at radius 1 is 1.09 bits per heavy atom. The van der Waals surface area contributed by atoms with Gasteiger partial charge in [-0.25, -0.2) is 15.1 Å². The summed E-state index contributed by atoms with van der Waals surface area (Å²) in [5.74, 6) is -0.0431. The average molecular weight is 455 g/mol. The van der Waals surface area contributed by atoms with E-state index in [1.807, 2.05) is 24.3 Å². The average Bonchev–Trinajstić information content (AvgIpc) is 3.35. The summed E-state index contributed by atoms with van der Waals surface area (Å²) in [7, 11) is -4.06. The summed E-state index contributed by atoms with van der Waals surface area (Å²) in [6.45, 7) is -0.189. The predicted molar refractivity (Wildman–Crippen MR) is 118 cm³/mol. The van der Waals surface area contributed by atoms with Crippen LogP contribution in [0.3, 0.4) is 0 Å². The highest BCUT2D eigenvalue weighted by atomic mass is 32.2. The van der Waals surface area contributed by atoms with Crippen LogP contribution in [0.2, 0.25) is 0 Å². The molecule has 2 heterocycles. The fraction of sp³-hybridized carbons (Fsp3) is 0.318. The Morgan fingerprint density at radius 3 is 2.75 bits per heavy atom. The molecule has 5 rings (SSSR count). The molecule has 0 spiro atoms. The molecule has 0 unspecified atom stereocenters. The standard InChI is InChI=1S/C22H22N4O5S/c23-32(28,29)30-11-14-8-15(9-20(14)27)31-22-21-19(24-12-25-22)10-18(26-21)17-7-3-5-13-4-1-2-6-16(13)17/h1-7,12,14-15,20,27H,8-11H2,(H2,23,28,29)/t14-,15+,20-/m0/s1. The van der Waals surface area contributed by atoms with Gasteiger partial charge in [-0.15, -0.1) is 0 Å². The Kier molecular flexibility index (Phi) is 5.38. The first kappa shape index (κ1) is 21.0. The van der Waals surface area contributed by atoms with Crippen molar-refractivity contribution in [1.29, 1.82) is 0 Å². The number of aliphatic hydroxyl groups is 1. The Hall–Kier alpha value is -2.92. The molecule has 1 aliphatic heterocycles. The molecule has 0 saturated heterocycles. The summed E-state index contributed by atoms with van der Waals surface area (Å²) in [6.07, 6.45) is 1.65. The van der Waals surface area contributed by atoms with E-state index < -0.39 is 22.3 Å². The number of nitrogens with zero attached hydrogens (tertiary/aromatic N) is 3. The quantitative estimate of drug-likeness (QED) is 0.581. The van der Waals surface area contributed by atoms with Crippen LogP contribution in [0.15, 0.2) is 53.8 Å². The van der Waals surface area contributed by atoms with Crippen molar-refractivity contribution in [2.75, 3.05) is 6.61 Å². The van der Waals surface area contributed by atoms with Gasteiger partial charge in [0.15, 0.2) is 0 Å². The number of rotatable bonds is 6. The number of aliphatic imine (C=N–C) groups is 1. The minimum absolute atomic E-state index is 0.189. The molecule has 2 aliphatic rings. The molecule has 3 N–H and O–H groups in total. The van der Waals surface area contributed by atoms with E-state index in [4.69, 9.17) is 14.9 Å². The van der Waals surface area contributed by atoms with Crippen LogP contribution < -0.4 is 9.88 Å². The molecule has 2 aromatic carbocycles. The smallest absolute Gasteiger partial charge is 0.333 e. The second-order valence-electron chi connectivity index (χ2n) is 8.05. The Labute approximate surface area is 185 Å². The molecule has 32 heavy (non-hydrogen) atoms. The second kappa shape index (κ2) is 8.21. The molecule has 166 valence electrons. The third-order valence-corrected chi connectivity index (χ3v) is 6.35. The lowest BCUT2D eigenvalue weighted by molar-refractivity contribution is 0.0986. The van der Waals surface area contributed by atoms with E-state index in [1.165, 1.54) is 6.33 Å². The zero-order valence-corrected chi connectivity index (χ0v) is 17.9. The van der Waals surface area contributed by atoms with Gasteiger partial charge in [-0.05, 0) is 17.2 Å². The van der Waals surface area contributed by atoms with Gasteiger partial charge in [0.1, 0.15) is 18.1 Å². The number of fused-ring (bicyclic) bond motifs is 2. The van der Waals surface area contributed by atoms with Crippen LogP contribution in [0.5, 0.6) is 5.88 Å². The first-order valence-electron chi connectivity index (χ1n) is 10.3. The van der Waals surface area contributed by atoms with Crippen molar-refractivity contribution in [3.63, 3.8) is 0 Å². The molecular formula is C22H22N4O5S. The van der Waals surface area contributed by atoms with Crippen LogP contribution >= 0.6 is 0 Å². The van der Waals surface area contributed by atoms with E-state index in [0.29, 0.717) is 30.8 Å². The van der Waals surface area contributed by atoms with Gasteiger partial charge in [0.25, 0.3) is 0 Å². The maximum absolute atomic E-state index is 11.0. The molecule has 0 radical (unpaired) electrons. The maximum Gasteiger partial charge on any atom is 0.333 e. The molecular weight excluding hydrogens is 432 g/mol. The lowest BCUT2D eigenvalue weighted by atomic mass is 9.99. The van der Waals surface area contributed by atoms with E-state index >= 15 is 0 Å². The number of nitrogens with two attached hydrogens (primary N) is 1. The Morgan fingerprint density at radius 2 is 1.91 bits per heavy atom. The Bertz CT molecular complexity index is 1310. The zero-order valence-electron chi connectivity index (χ0n) is 17.1. The van der Waals surface area contributed by atoms with Gasteiger partial charge in [-0.1, -0.05) is 42.5 Å². The molecule has 3 atom stereocenters. The second-order valence-corrected chi connectivity index (χ2v) is 9.27. The van der Waals surface area contributed by atoms with E-state index in [0.717, 1.165) is 27.7 Å². The summed E-state index contributed by atoms with van der Waals surface area (Å²) in [4.78, 5) is 13.5. The van der Waals surface area contributed by atoms with Crippen molar-refractivity contribution in [3.05, 3.63) is 60.0 Å². The fourth-order valence-corrected chi connectivity index (χ4v) is 4.72. The lowest BCUT2D eigenvalue weighted by Gasteiger charge is -2.14. The monoisotopic (exact) mass is 454 g/mol. The van der Waals surface area contributed by atoms with Crippen molar-refractivity contribution < 1.29 is 22.4 Å². The van der Waals surface area contributed by atoms with Gasteiger partial charge >= 0.3 is 10.3 Å². The largest absolute Gasteiger partial charge is 0.473 e. The maximum atomic E-state index is 11.0. The molecule has 1 aromatic heterocycles. The number of hydrogen-bond acceptors (Lipinski definition) is 8. The molecule has 0 amide bonds. The number of ether oxygens (including phenoxy) is 1. The van der Waals surface area contributed by atoms with Crippen molar-refractivity contribution in [2.24, 2.45) is 16.0 Å². The molecule has 0 bridgehead atoms. The number of benzene rings is 2. The van der Waals surface area contributed by atoms with Gasteiger partial charge in [-0.2, -0.15) is 13.4 Å². The minimum atomic E-state index is -4.06. The van der Waals surface area contributed by atoms with Crippen molar-refractivity contribution in [3.8, 4) is 5.88 Å². The van der Waals surface area contributed by atoms with Gasteiger partial charge < -0.3 is 9.84 Å². The third kappa shape index (κ3) is 4.22. The van der Waals surface area contributed by atoms with Gasteiger partial charge in [-0.3, -0.25) is 4.18 Å². The van der Waals surface area contributed by atoms with E-state index in [2.05, 4.69) is 32.4 Å². The van der Waals surface area contributed by atoms with Crippen molar-refractivity contribution >= 4 is 32.5 Å². The zero-order chi connectivity index (χ0) is 22.3. The number of hydrogen-bond donors (Lipinski definition) is 2. The predicted octanol–water partition coefficient (Wildman–Crippen LogP) is 2.05. The van der Waals surface area contributed by atoms with E-state index in [1.54, 1.807) is 0 Å². The van der Waals surface area contributed by atoms with Gasteiger partial charge in [0, 0.05) is 24.3 Å². The van der Waals surface area contributed by atoms with Gasteiger partial charge in [0.2, 0.25) is 5.88 Å². The van der Waals surface area contributed by atoms with Crippen LogP contribution in [0.25, 0.3) is 10.8 Å². The molecule has 10 heteroatoms. The highest BCUT2D eigenvalue weighted by Crippen LogP contribution is 2.38. The molecule has 1 aliphatic carbocycles. The van der Waals surface area contributed by atoms with Crippen LogP contribution in [0, 0.1) is 5.92 Å². The first-order valence-corrected chi connectivity index (χ1v) is 11.8. The number of aromatic nitrogens is 2. The van der Waals surface area contributed by atoms with E-state index in [9.17, 15) is 13.5 Å². The van der Waals surface area contributed by atoms with Crippen molar-refractivity contribution in [2.45, 2.75) is 31.5 Å². The summed E-state index contributed by atoms with van der Waals surface area (Å²) < 4.78 is 32.8. The summed E-state index contributed by atoms with van der Waals surface area (Å²) in [5.41, 5.74) is 3.32. The van der Waals surface area contributed by atoms with Gasteiger partial charge in [0.05, 0.1) is 24.1 Å². The minimum Gasteiger partial charge on any atom is -0.473 e. The SMILES string of the molecule is NS(=O)(=O)OC[C@@H]1C[C@@H](Oc2ncnc3c2N=C(c2cccc4ccccc24)C3)C[C@@H]1O. The highest BCUT2D eigenvalue weighted by molar-refractivity contribution is 7.84. The molecule has 1 fully saturated rings. The third-order valence-electron chi connectivity index (χ3n) is 5.89. The molecule has 3 aromatic rings. The summed E-state index contributed by atoms with van der Waals surface area (Å²) in [5, 5.41) is 17.4. The first-order chi connectivity index (χ1) is 15.4.